The van der Waals surface area contributed by atoms with Gasteiger partial charge < -0.3 is 14.8 Å². The Labute approximate surface area is 126 Å². The zero-order valence-electron chi connectivity index (χ0n) is 12.0. The number of benzene rings is 1. The fourth-order valence-corrected chi connectivity index (χ4v) is 2.37. The van der Waals surface area contributed by atoms with Crippen LogP contribution in [0.1, 0.15) is 12.5 Å². The van der Waals surface area contributed by atoms with Crippen molar-refractivity contribution in [1.29, 1.82) is 0 Å². The first-order valence-electron chi connectivity index (χ1n) is 7.01. The van der Waals surface area contributed by atoms with E-state index in [0.717, 1.165) is 29.3 Å². The third-order valence-electron chi connectivity index (χ3n) is 3.50. The van der Waals surface area contributed by atoms with Gasteiger partial charge in [0.05, 0.1) is 0 Å². The molecule has 3 heterocycles. The Morgan fingerprint density at radius 1 is 1.23 bits per heavy atom. The summed E-state index contributed by atoms with van der Waals surface area (Å²) in [6.07, 6.45) is 1.51. The topological polar surface area (TPSA) is 87.0 Å². The smallest absolute Gasteiger partial charge is 0.231 e. The van der Waals surface area contributed by atoms with Gasteiger partial charge >= 0.3 is 0 Å². The standard InChI is InChI=1S/C14H14N6O2/c1-2-20-14-12(18-19-20)13(16-7-17-14)15-6-9-3-4-10-11(5-9)22-8-21-10/h3-5,7H,2,6,8H2,1H3,(H,15,16,17). The van der Waals surface area contributed by atoms with E-state index in [0.29, 0.717) is 17.9 Å². The zero-order chi connectivity index (χ0) is 14.9. The molecule has 112 valence electrons. The quantitative estimate of drug-likeness (QED) is 0.782. The van der Waals surface area contributed by atoms with Gasteiger partial charge in [0, 0.05) is 13.1 Å². The van der Waals surface area contributed by atoms with Gasteiger partial charge in [-0.3, -0.25) is 0 Å². The van der Waals surface area contributed by atoms with Gasteiger partial charge in [-0.15, -0.1) is 5.10 Å². The molecule has 0 bridgehead atoms. The van der Waals surface area contributed by atoms with Crippen molar-refractivity contribution >= 4 is 17.0 Å². The van der Waals surface area contributed by atoms with E-state index in [1.807, 2.05) is 25.1 Å². The van der Waals surface area contributed by atoms with E-state index in [-0.39, 0.29) is 6.79 Å². The minimum atomic E-state index is 0.277. The van der Waals surface area contributed by atoms with Crippen molar-refractivity contribution in [1.82, 2.24) is 25.0 Å². The number of hydrogen-bond donors (Lipinski definition) is 1. The van der Waals surface area contributed by atoms with Gasteiger partial charge in [0.25, 0.3) is 0 Å². The Kier molecular flexibility index (Phi) is 2.99. The molecule has 0 amide bonds. The van der Waals surface area contributed by atoms with Crippen molar-refractivity contribution < 1.29 is 9.47 Å². The Morgan fingerprint density at radius 2 is 2.14 bits per heavy atom. The lowest BCUT2D eigenvalue weighted by Gasteiger charge is -2.06. The summed E-state index contributed by atoms with van der Waals surface area (Å²) < 4.78 is 12.4. The van der Waals surface area contributed by atoms with Crippen molar-refractivity contribution in [3.05, 3.63) is 30.1 Å². The molecule has 4 rings (SSSR count). The molecule has 2 aromatic heterocycles. The summed E-state index contributed by atoms with van der Waals surface area (Å²) in [5, 5.41) is 11.5. The van der Waals surface area contributed by atoms with E-state index >= 15 is 0 Å². The van der Waals surface area contributed by atoms with E-state index in [4.69, 9.17) is 9.47 Å². The van der Waals surface area contributed by atoms with Gasteiger partial charge in [-0.05, 0) is 24.6 Å². The maximum atomic E-state index is 5.38. The summed E-state index contributed by atoms with van der Waals surface area (Å²) >= 11 is 0. The molecule has 1 N–H and O–H groups in total. The van der Waals surface area contributed by atoms with Crippen molar-refractivity contribution in [2.24, 2.45) is 0 Å². The fourth-order valence-electron chi connectivity index (χ4n) is 2.37. The monoisotopic (exact) mass is 298 g/mol. The van der Waals surface area contributed by atoms with Crippen LogP contribution < -0.4 is 14.8 Å². The van der Waals surface area contributed by atoms with Crippen molar-refractivity contribution in [3.8, 4) is 11.5 Å². The van der Waals surface area contributed by atoms with Crippen LogP contribution in [0.5, 0.6) is 11.5 Å². The predicted molar refractivity (Wildman–Crippen MR) is 78.7 cm³/mol. The van der Waals surface area contributed by atoms with Crippen LogP contribution in [-0.4, -0.2) is 31.8 Å². The number of rotatable bonds is 4. The summed E-state index contributed by atoms with van der Waals surface area (Å²) in [6.45, 7) is 3.59. The Hall–Kier alpha value is -2.90. The molecule has 0 aliphatic carbocycles. The average molecular weight is 298 g/mol. The van der Waals surface area contributed by atoms with Gasteiger partial charge in [0.2, 0.25) is 6.79 Å². The Morgan fingerprint density at radius 3 is 3.05 bits per heavy atom. The van der Waals surface area contributed by atoms with Gasteiger partial charge in [-0.25, -0.2) is 14.6 Å². The third-order valence-corrected chi connectivity index (χ3v) is 3.50. The first kappa shape index (κ1) is 12.8. The largest absolute Gasteiger partial charge is 0.454 e. The number of aromatic nitrogens is 5. The summed E-state index contributed by atoms with van der Waals surface area (Å²) in [4.78, 5) is 8.47. The molecule has 0 atom stereocenters. The van der Waals surface area contributed by atoms with Gasteiger partial charge in [0.15, 0.2) is 28.5 Å². The summed E-state index contributed by atoms with van der Waals surface area (Å²) in [6, 6.07) is 5.85. The van der Waals surface area contributed by atoms with E-state index in [1.165, 1.54) is 6.33 Å². The highest BCUT2D eigenvalue weighted by Gasteiger charge is 2.14. The molecule has 1 aliphatic heterocycles. The normalized spacial score (nSPS) is 12.8. The maximum absolute atomic E-state index is 5.38. The second kappa shape index (κ2) is 5.14. The highest BCUT2D eigenvalue weighted by Crippen LogP contribution is 2.32. The van der Waals surface area contributed by atoms with Crippen LogP contribution in [0.15, 0.2) is 24.5 Å². The summed E-state index contributed by atoms with van der Waals surface area (Å²) in [5.74, 6) is 2.21. The highest BCUT2D eigenvalue weighted by molar-refractivity contribution is 5.81. The van der Waals surface area contributed by atoms with Crippen LogP contribution in [0.25, 0.3) is 11.2 Å². The Balaban J connectivity index is 1.58. The average Bonchev–Trinajstić information content (AvgIpc) is 3.18. The van der Waals surface area contributed by atoms with E-state index < -0.39 is 0 Å². The molecule has 1 aromatic carbocycles. The lowest BCUT2D eigenvalue weighted by molar-refractivity contribution is 0.174. The minimum absolute atomic E-state index is 0.277. The first-order valence-corrected chi connectivity index (χ1v) is 7.01. The number of hydrogen-bond acceptors (Lipinski definition) is 7. The van der Waals surface area contributed by atoms with Gasteiger partial charge in [-0.1, -0.05) is 11.3 Å². The van der Waals surface area contributed by atoms with Gasteiger partial charge in [0.1, 0.15) is 6.33 Å². The molecule has 0 saturated carbocycles. The molecule has 1 aliphatic rings. The Bertz CT molecular complexity index is 831. The van der Waals surface area contributed by atoms with E-state index in [9.17, 15) is 0 Å². The molecule has 3 aromatic rings. The van der Waals surface area contributed by atoms with Crippen molar-refractivity contribution in [3.63, 3.8) is 0 Å². The van der Waals surface area contributed by atoms with Crippen LogP contribution in [0, 0.1) is 0 Å². The van der Waals surface area contributed by atoms with Crippen molar-refractivity contribution in [2.45, 2.75) is 20.0 Å². The SMILES string of the molecule is CCn1nnc2c(NCc3ccc4c(c3)OCO4)ncnc21. The number of ether oxygens (including phenoxy) is 2. The van der Waals surface area contributed by atoms with Crippen LogP contribution in [-0.2, 0) is 13.1 Å². The molecule has 0 saturated heterocycles. The molecule has 0 radical (unpaired) electrons. The van der Waals surface area contributed by atoms with Gasteiger partial charge in [-0.2, -0.15) is 0 Å². The minimum Gasteiger partial charge on any atom is -0.454 e. The molecule has 0 fully saturated rings. The summed E-state index contributed by atoms with van der Waals surface area (Å²) in [7, 11) is 0. The molecule has 0 unspecified atom stereocenters. The molecule has 8 heteroatoms. The van der Waals surface area contributed by atoms with Crippen LogP contribution >= 0.6 is 0 Å². The predicted octanol–water partition coefficient (Wildman–Crippen LogP) is 1.58. The second-order valence-corrected chi connectivity index (χ2v) is 4.84. The molecule has 8 nitrogen and oxygen atoms in total. The number of nitrogens with one attached hydrogen (secondary N) is 1. The maximum Gasteiger partial charge on any atom is 0.231 e. The number of fused-ring (bicyclic) bond motifs is 2. The molecular weight excluding hydrogens is 284 g/mol. The van der Waals surface area contributed by atoms with E-state index in [2.05, 4.69) is 25.6 Å². The highest BCUT2D eigenvalue weighted by atomic mass is 16.7. The molecule has 22 heavy (non-hydrogen) atoms. The van der Waals surface area contributed by atoms with Crippen LogP contribution in [0.3, 0.4) is 0 Å². The molecule has 0 spiro atoms. The van der Waals surface area contributed by atoms with E-state index in [1.54, 1.807) is 4.68 Å². The number of aryl methyl sites for hydroxylation is 1. The second-order valence-electron chi connectivity index (χ2n) is 4.84. The van der Waals surface area contributed by atoms with Crippen LogP contribution in [0.4, 0.5) is 5.82 Å². The molecular formula is C14H14N6O2. The summed E-state index contributed by atoms with van der Waals surface area (Å²) in [5.41, 5.74) is 2.47. The zero-order valence-corrected chi connectivity index (χ0v) is 12.0. The number of anilines is 1. The fraction of sp³-hybridized carbons (Fsp3) is 0.286. The number of nitrogens with zero attached hydrogens (tertiary/aromatic N) is 5. The van der Waals surface area contributed by atoms with Crippen molar-refractivity contribution in [2.75, 3.05) is 12.1 Å². The lowest BCUT2D eigenvalue weighted by atomic mass is 10.2. The lowest BCUT2D eigenvalue weighted by Crippen LogP contribution is -2.03. The van der Waals surface area contributed by atoms with Crippen LogP contribution in [0.2, 0.25) is 0 Å². The first-order chi connectivity index (χ1) is 10.8. The third kappa shape index (κ3) is 2.09.